The zero-order valence-electron chi connectivity index (χ0n) is 21.5. The first kappa shape index (κ1) is 25.8. The number of pyridine rings is 1. The van der Waals surface area contributed by atoms with Gasteiger partial charge in [0.2, 0.25) is 7.41 Å². The van der Waals surface area contributed by atoms with Crippen LogP contribution in [0.4, 0.5) is 31.8 Å². The molecule has 1 amide bonds. The molecule has 3 fully saturated rings. The number of hydrogen-bond donors (Lipinski definition) is 3. The van der Waals surface area contributed by atoms with Crippen molar-refractivity contribution in [3.8, 4) is 0 Å². The molecule has 0 radical (unpaired) electrons. The average molecular weight is 511 g/mol. The quantitative estimate of drug-likeness (QED) is 0.453. The predicted octanol–water partition coefficient (Wildman–Crippen LogP) is 4.51. The molecule has 1 spiro atoms. The Balaban J connectivity index is 1.33. The number of amides is 1. The van der Waals surface area contributed by atoms with Crippen LogP contribution in [-0.2, 0) is 0 Å². The standard InChI is InChI=1S/C27H36BF2N5O2/c1-19(18-36)28-33-20-5-6-21(22(17-20)34-13-9-26(7-8-26)10-14-34)25(37)32-23-3-2-4-24(31-23)35-15-11-27(29,30)12-16-35/h2-6,17,19,28,33,36H,7-16,18H2,1H3,(H,31,32,37)/t19-/m0/s1. The fraction of sp³-hybridized carbons (Fsp3) is 0.556. The molecule has 7 nitrogen and oxygen atoms in total. The van der Waals surface area contributed by atoms with E-state index in [2.05, 4.69) is 20.4 Å². The molecular weight excluding hydrogens is 475 g/mol. The number of hydrogen-bond acceptors (Lipinski definition) is 6. The smallest absolute Gasteiger partial charge is 0.258 e. The number of aromatic nitrogens is 1. The Bertz CT molecular complexity index is 1110. The van der Waals surface area contributed by atoms with Crippen molar-refractivity contribution in [1.29, 1.82) is 0 Å². The third-order valence-electron chi connectivity index (χ3n) is 8.13. The first-order chi connectivity index (χ1) is 17.8. The van der Waals surface area contributed by atoms with Gasteiger partial charge < -0.3 is 25.5 Å². The third-order valence-corrected chi connectivity index (χ3v) is 8.13. The number of benzene rings is 1. The van der Waals surface area contributed by atoms with Crippen LogP contribution in [0.15, 0.2) is 36.4 Å². The SMILES string of the molecule is C[C@H](BNc1ccc(C(=O)Nc2cccc(N3CCC(F)(F)CC3)n2)c(N2CCC3(CC2)CC3)c1)CO. The second-order valence-corrected chi connectivity index (χ2v) is 11.1. The number of halogens is 2. The van der Waals surface area contributed by atoms with Gasteiger partial charge in [0, 0.05) is 51.3 Å². The van der Waals surface area contributed by atoms with Crippen LogP contribution in [0, 0.1) is 5.41 Å². The van der Waals surface area contributed by atoms with Crippen LogP contribution in [0.25, 0.3) is 0 Å². The normalized spacial score (nSPS) is 20.9. The van der Waals surface area contributed by atoms with Crippen molar-refractivity contribution in [3.05, 3.63) is 42.0 Å². The van der Waals surface area contributed by atoms with Crippen LogP contribution in [0.5, 0.6) is 0 Å². The molecule has 37 heavy (non-hydrogen) atoms. The topological polar surface area (TPSA) is 80.7 Å². The Labute approximate surface area is 217 Å². The maximum Gasteiger partial charge on any atom is 0.258 e. The van der Waals surface area contributed by atoms with Gasteiger partial charge in [-0.2, -0.15) is 0 Å². The van der Waals surface area contributed by atoms with Gasteiger partial charge in [-0.15, -0.1) is 0 Å². The van der Waals surface area contributed by atoms with Crippen LogP contribution in [0.1, 0.15) is 55.8 Å². The summed E-state index contributed by atoms with van der Waals surface area (Å²) in [6.07, 6.45) is 4.53. The maximum atomic E-state index is 13.6. The fourth-order valence-electron chi connectivity index (χ4n) is 5.27. The summed E-state index contributed by atoms with van der Waals surface area (Å²) >= 11 is 0. The van der Waals surface area contributed by atoms with Crippen LogP contribution >= 0.6 is 0 Å². The van der Waals surface area contributed by atoms with Gasteiger partial charge in [-0.3, -0.25) is 4.79 Å². The predicted molar refractivity (Wildman–Crippen MR) is 145 cm³/mol. The molecule has 2 saturated heterocycles. The third kappa shape index (κ3) is 6.17. The highest BCUT2D eigenvalue weighted by molar-refractivity contribution is 6.42. The molecule has 3 aliphatic rings. The lowest BCUT2D eigenvalue weighted by Gasteiger charge is -2.35. The molecule has 1 aromatic heterocycles. The van der Waals surface area contributed by atoms with Gasteiger partial charge in [0.05, 0.1) is 11.3 Å². The number of aliphatic hydroxyl groups is 1. The molecule has 1 saturated carbocycles. The van der Waals surface area contributed by atoms with Crippen molar-refractivity contribution in [2.24, 2.45) is 5.41 Å². The lowest BCUT2D eigenvalue weighted by Crippen LogP contribution is -2.39. The summed E-state index contributed by atoms with van der Waals surface area (Å²) in [6, 6.07) is 11.1. The number of carbonyl (C=O) groups is 1. The molecule has 1 aliphatic carbocycles. The molecule has 0 bridgehead atoms. The van der Waals surface area contributed by atoms with Crippen molar-refractivity contribution < 1.29 is 18.7 Å². The second-order valence-electron chi connectivity index (χ2n) is 11.1. The highest BCUT2D eigenvalue weighted by Crippen LogP contribution is 2.54. The summed E-state index contributed by atoms with van der Waals surface area (Å²) in [5.74, 6) is -1.74. The van der Waals surface area contributed by atoms with E-state index in [0.29, 0.717) is 30.0 Å². The lowest BCUT2D eigenvalue weighted by atomic mass is 9.77. The number of anilines is 4. The second kappa shape index (κ2) is 10.5. The molecule has 2 aromatic rings. The molecule has 198 valence electrons. The van der Waals surface area contributed by atoms with E-state index in [9.17, 15) is 18.7 Å². The Kier molecular flexibility index (Phi) is 7.29. The van der Waals surface area contributed by atoms with Crippen molar-refractivity contribution >= 4 is 36.3 Å². The summed E-state index contributed by atoms with van der Waals surface area (Å²) in [5, 5.41) is 15.7. The monoisotopic (exact) mass is 511 g/mol. The van der Waals surface area contributed by atoms with Crippen LogP contribution in [0.3, 0.4) is 0 Å². The van der Waals surface area contributed by atoms with Gasteiger partial charge in [-0.25, -0.2) is 13.8 Å². The van der Waals surface area contributed by atoms with Crippen molar-refractivity contribution in [2.45, 2.75) is 57.2 Å². The van der Waals surface area contributed by atoms with Crippen LogP contribution < -0.4 is 20.3 Å². The minimum Gasteiger partial charge on any atom is -0.430 e. The highest BCUT2D eigenvalue weighted by atomic mass is 19.3. The van der Waals surface area contributed by atoms with E-state index in [1.165, 1.54) is 12.8 Å². The van der Waals surface area contributed by atoms with E-state index < -0.39 is 5.92 Å². The summed E-state index contributed by atoms with van der Waals surface area (Å²) in [6.45, 7) is 4.41. The van der Waals surface area contributed by atoms with Crippen molar-refractivity contribution in [2.75, 3.05) is 53.1 Å². The summed E-state index contributed by atoms with van der Waals surface area (Å²) in [5.41, 5.74) is 2.91. The molecular formula is C27H36BF2N5O2. The Morgan fingerprint density at radius 2 is 1.76 bits per heavy atom. The van der Waals surface area contributed by atoms with E-state index in [4.69, 9.17) is 0 Å². The number of nitrogens with zero attached hydrogens (tertiary/aromatic N) is 3. The molecule has 1 aromatic carbocycles. The first-order valence-electron chi connectivity index (χ1n) is 13.4. The maximum absolute atomic E-state index is 13.6. The van der Waals surface area contributed by atoms with E-state index in [0.717, 1.165) is 37.3 Å². The zero-order valence-corrected chi connectivity index (χ0v) is 21.5. The summed E-state index contributed by atoms with van der Waals surface area (Å²) in [7, 11) is 0.643. The summed E-state index contributed by atoms with van der Waals surface area (Å²) in [4.78, 5) is 22.2. The van der Waals surface area contributed by atoms with Gasteiger partial charge in [0.15, 0.2) is 0 Å². The zero-order chi connectivity index (χ0) is 26.0. The van der Waals surface area contributed by atoms with Crippen molar-refractivity contribution in [3.63, 3.8) is 0 Å². The number of nitrogens with one attached hydrogen (secondary N) is 2. The average Bonchev–Trinajstić information content (AvgIpc) is 3.66. The van der Waals surface area contributed by atoms with Crippen LogP contribution in [0.2, 0.25) is 5.82 Å². The summed E-state index contributed by atoms with van der Waals surface area (Å²) < 4.78 is 27.2. The minimum atomic E-state index is -2.62. The van der Waals surface area contributed by atoms with Gasteiger partial charge in [0.25, 0.3) is 11.8 Å². The number of aliphatic hydroxyl groups excluding tert-OH is 1. The van der Waals surface area contributed by atoms with E-state index in [-0.39, 0.29) is 44.3 Å². The van der Waals surface area contributed by atoms with Crippen molar-refractivity contribution in [1.82, 2.24) is 4.98 Å². The number of piperidine rings is 2. The van der Waals surface area contributed by atoms with E-state index >= 15 is 0 Å². The molecule has 1 atom stereocenters. The number of carbonyl (C=O) groups excluding carboxylic acids is 1. The molecule has 2 aliphatic heterocycles. The lowest BCUT2D eigenvalue weighted by molar-refractivity contribution is -0.0221. The van der Waals surface area contributed by atoms with E-state index in [1.54, 1.807) is 18.2 Å². The number of rotatable bonds is 8. The largest absolute Gasteiger partial charge is 0.430 e. The Morgan fingerprint density at radius 1 is 1.05 bits per heavy atom. The molecule has 10 heteroatoms. The molecule has 5 rings (SSSR count). The minimum absolute atomic E-state index is 0.112. The van der Waals surface area contributed by atoms with E-state index in [1.807, 2.05) is 30.0 Å². The molecule has 3 N–H and O–H groups in total. The Morgan fingerprint density at radius 3 is 2.43 bits per heavy atom. The first-order valence-corrected chi connectivity index (χ1v) is 13.4. The number of alkyl halides is 2. The van der Waals surface area contributed by atoms with Gasteiger partial charge in [-0.1, -0.05) is 13.0 Å². The highest BCUT2D eigenvalue weighted by Gasteiger charge is 2.44. The van der Waals surface area contributed by atoms with Crippen LogP contribution in [-0.4, -0.2) is 62.1 Å². The fourth-order valence-corrected chi connectivity index (χ4v) is 5.27. The molecule has 3 heterocycles. The van der Waals surface area contributed by atoms with Gasteiger partial charge >= 0.3 is 0 Å². The van der Waals surface area contributed by atoms with Gasteiger partial charge in [-0.05, 0) is 67.2 Å². The van der Waals surface area contributed by atoms with Gasteiger partial charge in [0.1, 0.15) is 11.6 Å². The molecule has 0 unspecified atom stereocenters. The Hall–Kier alpha value is -2.88.